The maximum absolute atomic E-state index is 12.8. The Morgan fingerprint density at radius 2 is 1.96 bits per heavy atom. The summed E-state index contributed by atoms with van der Waals surface area (Å²) in [4.78, 5) is 20.0. The molecule has 0 N–H and O–H groups in total. The van der Waals surface area contributed by atoms with Crippen LogP contribution < -0.4 is 15.0 Å². The van der Waals surface area contributed by atoms with E-state index in [9.17, 15) is 4.79 Å². The average molecular weight is 385 g/mol. The van der Waals surface area contributed by atoms with Crippen LogP contribution in [0.15, 0.2) is 28.4 Å². The van der Waals surface area contributed by atoms with Crippen molar-refractivity contribution in [1.82, 2.24) is 14.5 Å². The van der Waals surface area contributed by atoms with Gasteiger partial charge in [0, 0.05) is 32.6 Å². The summed E-state index contributed by atoms with van der Waals surface area (Å²) in [5.41, 5.74) is 3.21. The van der Waals surface area contributed by atoms with Gasteiger partial charge in [-0.1, -0.05) is 6.07 Å². The first-order valence-corrected chi connectivity index (χ1v) is 9.89. The summed E-state index contributed by atoms with van der Waals surface area (Å²) in [5, 5.41) is 2.02. The van der Waals surface area contributed by atoms with Crippen molar-refractivity contribution in [2.24, 2.45) is 0 Å². The van der Waals surface area contributed by atoms with Crippen molar-refractivity contribution >= 4 is 21.6 Å². The number of methoxy groups -OCH3 is 2. The van der Waals surface area contributed by atoms with E-state index in [0.717, 1.165) is 64.7 Å². The lowest BCUT2D eigenvalue weighted by Crippen LogP contribution is -2.28. The van der Waals surface area contributed by atoms with Crippen LogP contribution in [-0.4, -0.2) is 41.8 Å². The summed E-state index contributed by atoms with van der Waals surface area (Å²) in [6, 6.07) is 6.01. The molecule has 0 unspecified atom stereocenters. The highest BCUT2D eigenvalue weighted by Gasteiger charge is 2.19. The molecule has 0 aliphatic carbocycles. The SMILES string of the molecule is COc1ccc(CN2CCc3nc4c(C)csc4c(=O)n3CC2)cc1OC. The van der Waals surface area contributed by atoms with Crippen molar-refractivity contribution in [1.29, 1.82) is 0 Å². The zero-order valence-corrected chi connectivity index (χ0v) is 16.6. The topological polar surface area (TPSA) is 56.6 Å². The molecule has 0 amide bonds. The molecule has 3 aromatic rings. The Morgan fingerprint density at radius 1 is 1.15 bits per heavy atom. The molecule has 0 saturated heterocycles. The lowest BCUT2D eigenvalue weighted by atomic mass is 10.2. The zero-order valence-electron chi connectivity index (χ0n) is 15.8. The van der Waals surface area contributed by atoms with E-state index >= 15 is 0 Å². The number of aryl methyl sites for hydroxylation is 1. The molecule has 27 heavy (non-hydrogen) atoms. The third kappa shape index (κ3) is 3.33. The standard InChI is InChI=1S/C20H23N3O3S/c1-13-12-27-19-18(13)21-17-6-7-22(8-9-23(17)20(19)24)11-14-4-5-15(25-2)16(10-14)26-3/h4-5,10,12H,6-9,11H2,1-3H3. The van der Waals surface area contributed by atoms with Gasteiger partial charge in [-0.15, -0.1) is 11.3 Å². The number of aromatic nitrogens is 2. The molecule has 1 aromatic carbocycles. The van der Waals surface area contributed by atoms with Crippen molar-refractivity contribution in [2.75, 3.05) is 27.3 Å². The second-order valence-corrected chi connectivity index (χ2v) is 7.68. The fourth-order valence-electron chi connectivity index (χ4n) is 3.59. The van der Waals surface area contributed by atoms with Gasteiger partial charge in [0.2, 0.25) is 0 Å². The Bertz CT molecular complexity index is 1040. The second-order valence-electron chi connectivity index (χ2n) is 6.80. The molecule has 3 heterocycles. The predicted molar refractivity (Wildman–Crippen MR) is 107 cm³/mol. The summed E-state index contributed by atoms with van der Waals surface area (Å²) in [7, 11) is 3.29. The van der Waals surface area contributed by atoms with Gasteiger partial charge >= 0.3 is 0 Å². The average Bonchev–Trinajstić information content (AvgIpc) is 2.93. The number of fused-ring (bicyclic) bond motifs is 2. The lowest BCUT2D eigenvalue weighted by molar-refractivity contribution is 0.270. The van der Waals surface area contributed by atoms with Crippen molar-refractivity contribution in [2.45, 2.75) is 26.4 Å². The molecule has 0 fully saturated rings. The van der Waals surface area contributed by atoms with Gasteiger partial charge in [0.1, 0.15) is 10.5 Å². The molecule has 7 heteroatoms. The van der Waals surface area contributed by atoms with Gasteiger partial charge in [0.15, 0.2) is 11.5 Å². The molecule has 0 atom stereocenters. The molecule has 0 radical (unpaired) electrons. The maximum Gasteiger partial charge on any atom is 0.271 e. The zero-order chi connectivity index (χ0) is 19.0. The third-order valence-electron chi connectivity index (χ3n) is 5.08. The Hall–Kier alpha value is -2.38. The minimum absolute atomic E-state index is 0.0982. The van der Waals surface area contributed by atoms with Crippen LogP contribution >= 0.6 is 11.3 Å². The van der Waals surface area contributed by atoms with E-state index in [0.29, 0.717) is 6.54 Å². The number of ether oxygens (including phenoxy) is 2. The van der Waals surface area contributed by atoms with Gasteiger partial charge in [-0.3, -0.25) is 14.3 Å². The van der Waals surface area contributed by atoms with Crippen molar-refractivity contribution in [3.8, 4) is 11.5 Å². The quantitative estimate of drug-likeness (QED) is 0.691. The summed E-state index contributed by atoms with van der Waals surface area (Å²) < 4.78 is 13.3. The normalized spacial score (nSPS) is 14.8. The van der Waals surface area contributed by atoms with E-state index in [2.05, 4.69) is 11.0 Å². The van der Waals surface area contributed by atoms with Crippen molar-refractivity contribution < 1.29 is 9.47 Å². The minimum Gasteiger partial charge on any atom is -0.493 e. The van der Waals surface area contributed by atoms with Crippen molar-refractivity contribution in [3.63, 3.8) is 0 Å². The van der Waals surface area contributed by atoms with Crippen LogP contribution in [0.4, 0.5) is 0 Å². The molecule has 142 valence electrons. The number of rotatable bonds is 4. The molecule has 6 nitrogen and oxygen atoms in total. The van der Waals surface area contributed by atoms with Crippen molar-refractivity contribution in [3.05, 3.63) is 50.9 Å². The van der Waals surface area contributed by atoms with Crippen LogP contribution in [0.3, 0.4) is 0 Å². The Kier molecular flexibility index (Phi) is 4.88. The van der Waals surface area contributed by atoms with E-state index in [1.165, 1.54) is 11.3 Å². The predicted octanol–water partition coefficient (Wildman–Crippen LogP) is 2.84. The van der Waals surface area contributed by atoms with Crippen LogP contribution in [0.25, 0.3) is 10.2 Å². The van der Waals surface area contributed by atoms with Gasteiger partial charge in [-0.05, 0) is 35.6 Å². The van der Waals surface area contributed by atoms with Crippen LogP contribution in [0.5, 0.6) is 11.5 Å². The smallest absolute Gasteiger partial charge is 0.271 e. The number of hydrogen-bond acceptors (Lipinski definition) is 6. The van der Waals surface area contributed by atoms with Gasteiger partial charge in [-0.2, -0.15) is 0 Å². The van der Waals surface area contributed by atoms with Crippen LogP contribution in [0.2, 0.25) is 0 Å². The highest BCUT2D eigenvalue weighted by atomic mass is 32.1. The molecular weight excluding hydrogens is 362 g/mol. The molecule has 1 aliphatic rings. The summed E-state index contributed by atoms with van der Waals surface area (Å²) >= 11 is 1.50. The molecule has 1 aliphatic heterocycles. The fourth-order valence-corrected chi connectivity index (χ4v) is 4.52. The van der Waals surface area contributed by atoms with E-state index < -0.39 is 0 Å². The van der Waals surface area contributed by atoms with E-state index in [1.807, 2.05) is 29.0 Å². The van der Waals surface area contributed by atoms with Crippen LogP contribution in [-0.2, 0) is 19.5 Å². The number of thiophene rings is 1. The second kappa shape index (κ2) is 7.32. The number of benzene rings is 1. The minimum atomic E-state index is 0.0982. The monoisotopic (exact) mass is 385 g/mol. The van der Waals surface area contributed by atoms with E-state index in [4.69, 9.17) is 14.5 Å². The maximum atomic E-state index is 12.8. The molecular formula is C20H23N3O3S. The number of hydrogen-bond donors (Lipinski definition) is 0. The van der Waals surface area contributed by atoms with Crippen LogP contribution in [0, 0.1) is 6.92 Å². The first-order valence-electron chi connectivity index (χ1n) is 9.01. The molecule has 2 aromatic heterocycles. The van der Waals surface area contributed by atoms with Gasteiger partial charge in [0.25, 0.3) is 5.56 Å². The fraction of sp³-hybridized carbons (Fsp3) is 0.400. The molecule has 0 saturated carbocycles. The first-order chi connectivity index (χ1) is 13.1. The summed E-state index contributed by atoms with van der Waals surface area (Å²) in [6.45, 7) is 5.18. The Balaban J connectivity index is 1.56. The number of nitrogens with zero attached hydrogens (tertiary/aromatic N) is 3. The molecule has 0 spiro atoms. The van der Waals surface area contributed by atoms with E-state index in [1.54, 1.807) is 14.2 Å². The third-order valence-corrected chi connectivity index (χ3v) is 6.15. The summed E-state index contributed by atoms with van der Waals surface area (Å²) in [5.74, 6) is 2.36. The Morgan fingerprint density at radius 3 is 2.74 bits per heavy atom. The highest BCUT2D eigenvalue weighted by molar-refractivity contribution is 7.17. The van der Waals surface area contributed by atoms with Gasteiger partial charge in [-0.25, -0.2) is 4.98 Å². The van der Waals surface area contributed by atoms with Gasteiger partial charge < -0.3 is 9.47 Å². The van der Waals surface area contributed by atoms with E-state index in [-0.39, 0.29) is 5.56 Å². The Labute approximate surface area is 162 Å². The molecule has 4 rings (SSSR count). The summed E-state index contributed by atoms with van der Waals surface area (Å²) in [6.07, 6.45) is 0.772. The largest absolute Gasteiger partial charge is 0.493 e. The lowest BCUT2D eigenvalue weighted by Gasteiger charge is -2.20. The van der Waals surface area contributed by atoms with Gasteiger partial charge in [0.05, 0.1) is 19.7 Å². The molecule has 0 bridgehead atoms. The highest BCUT2D eigenvalue weighted by Crippen LogP contribution is 2.28. The van der Waals surface area contributed by atoms with Crippen LogP contribution in [0.1, 0.15) is 17.0 Å². The first kappa shape index (κ1) is 18.0.